The molecule has 0 fully saturated rings. The van der Waals surface area contributed by atoms with Crippen molar-refractivity contribution in [3.8, 4) is 5.75 Å². The summed E-state index contributed by atoms with van der Waals surface area (Å²) in [7, 11) is -1.58. The number of ether oxygens (including phenoxy) is 1. The van der Waals surface area contributed by atoms with Gasteiger partial charge in [0.15, 0.2) is 9.84 Å². The highest BCUT2D eigenvalue weighted by molar-refractivity contribution is 7.92. The van der Waals surface area contributed by atoms with Crippen LogP contribution in [0, 0.1) is 6.92 Å². The molecule has 0 amide bonds. The van der Waals surface area contributed by atoms with E-state index in [2.05, 4.69) is 12.2 Å². The fourth-order valence-electron chi connectivity index (χ4n) is 2.33. The molecule has 0 bridgehead atoms. The van der Waals surface area contributed by atoms with Gasteiger partial charge in [0.1, 0.15) is 5.75 Å². The Kier molecular flexibility index (Phi) is 5.82. The summed E-state index contributed by atoms with van der Waals surface area (Å²) in [6.45, 7) is 8.38. The second kappa shape index (κ2) is 6.79. The summed E-state index contributed by atoms with van der Waals surface area (Å²) in [5.74, 6) is 0.780. The summed E-state index contributed by atoms with van der Waals surface area (Å²) in [6, 6.07) is 5.52. The molecule has 0 saturated carbocycles. The molecule has 1 aromatic carbocycles. The molecule has 0 radical (unpaired) electrons. The number of sulfone groups is 1. The summed E-state index contributed by atoms with van der Waals surface area (Å²) in [4.78, 5) is 0. The van der Waals surface area contributed by atoms with Gasteiger partial charge in [-0.25, -0.2) is 8.42 Å². The smallest absolute Gasteiger partial charge is 0.154 e. The second-order valence-corrected chi connectivity index (χ2v) is 8.58. The van der Waals surface area contributed by atoms with E-state index in [-0.39, 0.29) is 6.04 Å². The number of aryl methyl sites for hydroxylation is 1. The van der Waals surface area contributed by atoms with Crippen LogP contribution in [0.4, 0.5) is 0 Å². The van der Waals surface area contributed by atoms with Crippen molar-refractivity contribution < 1.29 is 13.2 Å². The Morgan fingerprint density at radius 3 is 2.38 bits per heavy atom. The van der Waals surface area contributed by atoms with E-state index in [1.54, 1.807) is 21.0 Å². The minimum Gasteiger partial charge on any atom is -0.497 e. The monoisotopic (exact) mass is 313 g/mol. The van der Waals surface area contributed by atoms with Crippen molar-refractivity contribution in [3.05, 3.63) is 29.3 Å². The van der Waals surface area contributed by atoms with Crippen LogP contribution in [0.3, 0.4) is 0 Å². The average Bonchev–Trinajstić information content (AvgIpc) is 2.39. The summed E-state index contributed by atoms with van der Waals surface area (Å²) in [5.41, 5.74) is 2.03. The van der Waals surface area contributed by atoms with Crippen LogP contribution in [0.2, 0.25) is 0 Å². The van der Waals surface area contributed by atoms with Gasteiger partial charge < -0.3 is 10.1 Å². The van der Waals surface area contributed by atoms with E-state index in [9.17, 15) is 8.42 Å². The van der Waals surface area contributed by atoms with E-state index >= 15 is 0 Å². The molecule has 0 aliphatic carbocycles. The fraction of sp³-hybridized carbons (Fsp3) is 0.625. The Balaban J connectivity index is 3.32. The minimum absolute atomic E-state index is 0.252. The number of methoxy groups -OCH3 is 1. The summed E-state index contributed by atoms with van der Waals surface area (Å²) >= 11 is 0. The molecule has 1 rings (SSSR count). The number of hydrogen-bond donors (Lipinski definition) is 1. The summed E-state index contributed by atoms with van der Waals surface area (Å²) in [5, 5.41) is 3.39. The zero-order valence-corrected chi connectivity index (χ0v) is 14.7. The van der Waals surface area contributed by atoms with Gasteiger partial charge in [-0.15, -0.1) is 0 Å². The molecule has 0 saturated heterocycles. The normalized spacial score (nSPS) is 14.0. The van der Waals surface area contributed by atoms with Crippen molar-refractivity contribution in [2.45, 2.75) is 44.9 Å². The van der Waals surface area contributed by atoms with Crippen molar-refractivity contribution in [1.82, 2.24) is 5.32 Å². The third kappa shape index (κ3) is 3.98. The lowest BCUT2D eigenvalue weighted by molar-refractivity contribution is 0.408. The van der Waals surface area contributed by atoms with Crippen molar-refractivity contribution in [1.29, 1.82) is 0 Å². The van der Waals surface area contributed by atoms with Crippen molar-refractivity contribution in [2.75, 3.05) is 19.9 Å². The largest absolute Gasteiger partial charge is 0.497 e. The summed E-state index contributed by atoms with van der Waals surface area (Å²) < 4.78 is 28.7. The van der Waals surface area contributed by atoms with E-state index < -0.39 is 14.6 Å². The third-order valence-corrected chi connectivity index (χ3v) is 6.18. The quantitative estimate of drug-likeness (QED) is 0.841. The Labute approximate surface area is 128 Å². The minimum atomic E-state index is -3.21. The molecule has 1 aromatic rings. The van der Waals surface area contributed by atoms with Crippen molar-refractivity contribution in [3.63, 3.8) is 0 Å². The maximum Gasteiger partial charge on any atom is 0.154 e. The van der Waals surface area contributed by atoms with Crippen LogP contribution in [-0.4, -0.2) is 33.1 Å². The van der Waals surface area contributed by atoms with E-state index in [1.807, 2.05) is 25.1 Å². The van der Waals surface area contributed by atoms with Crippen LogP contribution < -0.4 is 10.1 Å². The highest BCUT2D eigenvalue weighted by Crippen LogP contribution is 2.35. The summed E-state index contributed by atoms with van der Waals surface area (Å²) in [6.07, 6.45) is 2.25. The zero-order valence-electron chi connectivity index (χ0n) is 13.9. The first kappa shape index (κ1) is 18.0. The SMILES string of the molecule is CCCNC(c1ccc(OC)cc1C)C(C)(C)S(C)(=O)=O. The van der Waals surface area contributed by atoms with Crippen LogP contribution in [0.15, 0.2) is 18.2 Å². The molecule has 0 aliphatic rings. The molecule has 0 aliphatic heterocycles. The van der Waals surface area contributed by atoms with Crippen molar-refractivity contribution in [2.24, 2.45) is 0 Å². The van der Waals surface area contributed by atoms with Crippen LogP contribution in [0.5, 0.6) is 5.75 Å². The van der Waals surface area contributed by atoms with Gasteiger partial charge in [-0.2, -0.15) is 0 Å². The number of nitrogens with one attached hydrogen (secondary N) is 1. The maximum absolute atomic E-state index is 12.2. The van der Waals surface area contributed by atoms with E-state index in [4.69, 9.17) is 4.74 Å². The van der Waals surface area contributed by atoms with Gasteiger partial charge in [0, 0.05) is 6.26 Å². The Bertz CT molecular complexity index is 579. The molecule has 21 heavy (non-hydrogen) atoms. The first-order valence-corrected chi connectivity index (χ1v) is 9.11. The molecule has 1 atom stereocenters. The van der Waals surface area contributed by atoms with Crippen LogP contribution in [0.1, 0.15) is 44.4 Å². The topological polar surface area (TPSA) is 55.4 Å². The predicted octanol–water partition coefficient (Wildman–Crippen LogP) is 2.87. The molecule has 1 N–H and O–H groups in total. The Morgan fingerprint density at radius 1 is 1.33 bits per heavy atom. The van der Waals surface area contributed by atoms with Crippen LogP contribution >= 0.6 is 0 Å². The average molecular weight is 313 g/mol. The van der Waals surface area contributed by atoms with Crippen LogP contribution in [0.25, 0.3) is 0 Å². The van der Waals surface area contributed by atoms with Gasteiger partial charge in [-0.1, -0.05) is 13.0 Å². The molecular formula is C16H27NO3S. The lowest BCUT2D eigenvalue weighted by atomic mass is 9.91. The van der Waals surface area contributed by atoms with Crippen molar-refractivity contribution >= 4 is 9.84 Å². The highest BCUT2D eigenvalue weighted by Gasteiger charge is 2.40. The molecule has 4 nitrogen and oxygen atoms in total. The molecule has 120 valence electrons. The number of benzene rings is 1. The van der Waals surface area contributed by atoms with Gasteiger partial charge in [0.05, 0.1) is 17.9 Å². The molecule has 0 spiro atoms. The Hall–Kier alpha value is -1.07. The lowest BCUT2D eigenvalue weighted by Gasteiger charge is -2.35. The van der Waals surface area contributed by atoms with Gasteiger partial charge >= 0.3 is 0 Å². The van der Waals surface area contributed by atoms with Gasteiger partial charge in [-0.3, -0.25) is 0 Å². The molecule has 1 unspecified atom stereocenters. The van der Waals surface area contributed by atoms with Gasteiger partial charge in [-0.05, 0) is 57.0 Å². The van der Waals surface area contributed by atoms with Gasteiger partial charge in [0.25, 0.3) is 0 Å². The van der Waals surface area contributed by atoms with E-state index in [1.165, 1.54) is 6.26 Å². The fourth-order valence-corrected chi connectivity index (χ4v) is 2.97. The second-order valence-electron chi connectivity index (χ2n) is 5.99. The van der Waals surface area contributed by atoms with E-state index in [0.29, 0.717) is 0 Å². The maximum atomic E-state index is 12.2. The first-order valence-electron chi connectivity index (χ1n) is 7.22. The van der Waals surface area contributed by atoms with E-state index in [0.717, 1.165) is 29.8 Å². The zero-order chi connectivity index (χ0) is 16.3. The predicted molar refractivity (Wildman–Crippen MR) is 87.7 cm³/mol. The van der Waals surface area contributed by atoms with Crippen LogP contribution in [-0.2, 0) is 9.84 Å². The molecular weight excluding hydrogens is 286 g/mol. The number of rotatable bonds is 7. The molecule has 0 aromatic heterocycles. The third-order valence-electron chi connectivity index (χ3n) is 4.04. The molecule has 0 heterocycles. The van der Waals surface area contributed by atoms with Gasteiger partial charge in [0.2, 0.25) is 0 Å². The highest BCUT2D eigenvalue weighted by atomic mass is 32.2. The Morgan fingerprint density at radius 2 is 1.95 bits per heavy atom. The first-order chi connectivity index (χ1) is 9.65. The molecule has 5 heteroatoms. The number of hydrogen-bond acceptors (Lipinski definition) is 4. The lowest BCUT2D eigenvalue weighted by Crippen LogP contribution is -2.45. The standard InChI is InChI=1S/C16H27NO3S/c1-7-10-17-15(16(3,4)21(6,18)19)14-9-8-13(20-5)11-12(14)2/h8-9,11,15,17H,7,10H2,1-6H3.